The number of rotatable bonds is 6. The van der Waals surface area contributed by atoms with Crippen LogP contribution >= 0.6 is 0 Å². The SMILES string of the molecule is CNC(c1ccn(CC(=O)NCC(F)(F)F)c1)C1CC1. The molecule has 0 radical (unpaired) electrons. The minimum absolute atomic E-state index is 0.100. The molecule has 112 valence electrons. The van der Waals surface area contributed by atoms with Crippen molar-refractivity contribution < 1.29 is 18.0 Å². The Bertz CT molecular complexity index is 466. The highest BCUT2D eigenvalue weighted by Crippen LogP contribution is 2.40. The lowest BCUT2D eigenvalue weighted by Crippen LogP contribution is -2.35. The molecule has 1 unspecified atom stereocenters. The van der Waals surface area contributed by atoms with Crippen LogP contribution in [-0.4, -0.2) is 30.2 Å². The van der Waals surface area contributed by atoms with Crippen molar-refractivity contribution >= 4 is 5.91 Å². The van der Waals surface area contributed by atoms with E-state index >= 15 is 0 Å². The molecule has 0 bridgehead atoms. The van der Waals surface area contributed by atoms with Gasteiger partial charge >= 0.3 is 6.18 Å². The minimum Gasteiger partial charge on any atom is -0.345 e. The van der Waals surface area contributed by atoms with Crippen LogP contribution in [0.1, 0.15) is 24.4 Å². The van der Waals surface area contributed by atoms with Crippen molar-refractivity contribution in [2.24, 2.45) is 5.92 Å². The first-order chi connectivity index (χ1) is 9.39. The molecule has 1 saturated carbocycles. The van der Waals surface area contributed by atoms with Gasteiger partial charge in [0, 0.05) is 18.4 Å². The molecule has 4 nitrogen and oxygen atoms in total. The fourth-order valence-corrected chi connectivity index (χ4v) is 2.27. The number of halogens is 3. The van der Waals surface area contributed by atoms with Gasteiger partial charge in [-0.25, -0.2) is 0 Å². The quantitative estimate of drug-likeness (QED) is 0.839. The van der Waals surface area contributed by atoms with Crippen LogP contribution in [0.3, 0.4) is 0 Å². The Morgan fingerprint density at radius 3 is 2.75 bits per heavy atom. The molecule has 0 aromatic carbocycles. The maximum Gasteiger partial charge on any atom is 0.405 e. The molecule has 0 spiro atoms. The summed E-state index contributed by atoms with van der Waals surface area (Å²) in [6, 6.07) is 2.16. The summed E-state index contributed by atoms with van der Waals surface area (Å²) >= 11 is 0. The lowest BCUT2D eigenvalue weighted by Gasteiger charge is -2.13. The molecule has 1 aromatic rings. The Morgan fingerprint density at radius 2 is 2.20 bits per heavy atom. The maximum absolute atomic E-state index is 12.0. The van der Waals surface area contributed by atoms with Crippen LogP contribution in [-0.2, 0) is 11.3 Å². The van der Waals surface area contributed by atoms with Crippen molar-refractivity contribution in [2.45, 2.75) is 31.6 Å². The van der Waals surface area contributed by atoms with Gasteiger partial charge < -0.3 is 15.2 Å². The number of amides is 1. The van der Waals surface area contributed by atoms with E-state index in [4.69, 9.17) is 0 Å². The van der Waals surface area contributed by atoms with Gasteiger partial charge in [-0.2, -0.15) is 13.2 Å². The summed E-state index contributed by atoms with van der Waals surface area (Å²) in [6.45, 7) is -1.39. The third kappa shape index (κ3) is 4.26. The van der Waals surface area contributed by atoms with E-state index in [1.807, 2.05) is 24.6 Å². The lowest BCUT2D eigenvalue weighted by molar-refractivity contribution is -0.138. The van der Waals surface area contributed by atoms with Gasteiger partial charge in [-0.05, 0) is 37.4 Å². The molecule has 0 saturated heterocycles. The van der Waals surface area contributed by atoms with Gasteiger partial charge in [-0.15, -0.1) is 0 Å². The van der Waals surface area contributed by atoms with E-state index in [0.717, 1.165) is 5.56 Å². The summed E-state index contributed by atoms with van der Waals surface area (Å²) in [6.07, 6.45) is 1.52. The van der Waals surface area contributed by atoms with E-state index in [9.17, 15) is 18.0 Å². The van der Waals surface area contributed by atoms with Crippen molar-refractivity contribution in [3.05, 3.63) is 24.0 Å². The van der Waals surface area contributed by atoms with Gasteiger partial charge in [-0.1, -0.05) is 0 Å². The zero-order valence-electron chi connectivity index (χ0n) is 11.2. The average molecular weight is 289 g/mol. The van der Waals surface area contributed by atoms with E-state index in [2.05, 4.69) is 5.32 Å². The molecule has 1 fully saturated rings. The van der Waals surface area contributed by atoms with Gasteiger partial charge in [0.15, 0.2) is 0 Å². The molecule has 1 heterocycles. The van der Waals surface area contributed by atoms with Crippen molar-refractivity contribution in [1.82, 2.24) is 15.2 Å². The predicted molar refractivity (Wildman–Crippen MR) is 68.0 cm³/mol. The molecule has 1 amide bonds. The Morgan fingerprint density at radius 1 is 1.50 bits per heavy atom. The fourth-order valence-electron chi connectivity index (χ4n) is 2.27. The number of hydrogen-bond donors (Lipinski definition) is 2. The molecule has 1 aliphatic rings. The summed E-state index contributed by atoms with van der Waals surface area (Å²) < 4.78 is 37.5. The summed E-state index contributed by atoms with van der Waals surface area (Å²) in [5.41, 5.74) is 1.07. The first-order valence-corrected chi connectivity index (χ1v) is 6.55. The lowest BCUT2D eigenvalue weighted by atomic mass is 10.1. The Balaban J connectivity index is 1.87. The number of alkyl halides is 3. The highest BCUT2D eigenvalue weighted by Gasteiger charge is 2.31. The number of hydrogen-bond acceptors (Lipinski definition) is 2. The van der Waals surface area contributed by atoms with Crippen LogP contribution in [0.25, 0.3) is 0 Å². The van der Waals surface area contributed by atoms with E-state index in [0.29, 0.717) is 5.92 Å². The number of carbonyl (C=O) groups is 1. The third-order valence-corrected chi connectivity index (χ3v) is 3.35. The molecular weight excluding hydrogens is 271 g/mol. The fraction of sp³-hybridized carbons (Fsp3) is 0.615. The van der Waals surface area contributed by atoms with Gasteiger partial charge in [0.25, 0.3) is 0 Å². The molecule has 2 N–H and O–H groups in total. The van der Waals surface area contributed by atoms with Gasteiger partial charge in [0.2, 0.25) is 5.91 Å². The van der Waals surface area contributed by atoms with Crippen molar-refractivity contribution in [1.29, 1.82) is 0 Å². The van der Waals surface area contributed by atoms with Crippen molar-refractivity contribution in [3.63, 3.8) is 0 Å². The van der Waals surface area contributed by atoms with Crippen molar-refractivity contribution in [3.8, 4) is 0 Å². The average Bonchev–Trinajstić information content (AvgIpc) is 3.08. The van der Waals surface area contributed by atoms with Crippen LogP contribution in [0, 0.1) is 5.92 Å². The van der Waals surface area contributed by atoms with Crippen LogP contribution in [0.15, 0.2) is 18.5 Å². The summed E-state index contributed by atoms with van der Waals surface area (Å²) in [7, 11) is 1.89. The van der Waals surface area contributed by atoms with Gasteiger partial charge in [-0.3, -0.25) is 4.79 Å². The minimum atomic E-state index is -4.37. The summed E-state index contributed by atoms with van der Waals surface area (Å²) in [5.74, 6) is -0.0215. The second-order valence-electron chi connectivity index (χ2n) is 5.11. The number of nitrogens with zero attached hydrogens (tertiary/aromatic N) is 1. The van der Waals surface area contributed by atoms with Crippen LogP contribution < -0.4 is 10.6 Å². The number of carbonyl (C=O) groups excluding carboxylic acids is 1. The normalized spacial score (nSPS) is 17.0. The largest absolute Gasteiger partial charge is 0.405 e. The Labute approximate surface area is 115 Å². The molecule has 1 aliphatic carbocycles. The van der Waals surface area contributed by atoms with E-state index in [1.165, 1.54) is 12.8 Å². The first-order valence-electron chi connectivity index (χ1n) is 6.55. The highest BCUT2D eigenvalue weighted by atomic mass is 19.4. The molecule has 1 aromatic heterocycles. The molecule has 1 atom stereocenters. The Hall–Kier alpha value is -1.50. The second-order valence-corrected chi connectivity index (χ2v) is 5.11. The van der Waals surface area contributed by atoms with Gasteiger partial charge in [0.05, 0.1) is 0 Å². The van der Waals surface area contributed by atoms with Gasteiger partial charge in [0.1, 0.15) is 13.1 Å². The van der Waals surface area contributed by atoms with Crippen molar-refractivity contribution in [2.75, 3.05) is 13.6 Å². The standard InChI is InChI=1S/C13H18F3N3O/c1-17-12(9-2-3-9)10-4-5-19(6-10)7-11(20)18-8-13(14,15)16/h4-6,9,12,17H,2-3,7-8H2,1H3,(H,18,20). The molecular formula is C13H18F3N3O. The molecule has 20 heavy (non-hydrogen) atoms. The third-order valence-electron chi connectivity index (χ3n) is 3.35. The molecule has 2 rings (SSSR count). The first kappa shape index (κ1) is 14.9. The van der Waals surface area contributed by atoms with Crippen LogP contribution in [0.4, 0.5) is 13.2 Å². The summed E-state index contributed by atoms with van der Waals surface area (Å²) in [5, 5.41) is 5.09. The Kier molecular flexibility index (Phi) is 4.37. The number of nitrogens with one attached hydrogen (secondary N) is 2. The van der Waals surface area contributed by atoms with E-state index < -0.39 is 18.6 Å². The number of aromatic nitrogens is 1. The topological polar surface area (TPSA) is 46.1 Å². The highest BCUT2D eigenvalue weighted by molar-refractivity contribution is 5.75. The monoisotopic (exact) mass is 289 g/mol. The summed E-state index contributed by atoms with van der Waals surface area (Å²) in [4.78, 5) is 11.4. The van der Waals surface area contributed by atoms with E-state index in [1.54, 1.807) is 10.8 Å². The smallest absolute Gasteiger partial charge is 0.345 e. The molecule has 7 heteroatoms. The molecule has 0 aliphatic heterocycles. The zero-order valence-corrected chi connectivity index (χ0v) is 11.2. The van der Waals surface area contributed by atoms with Crippen LogP contribution in [0.5, 0.6) is 0 Å². The zero-order chi connectivity index (χ0) is 14.8. The predicted octanol–water partition coefficient (Wildman–Crippen LogP) is 1.84. The second kappa shape index (κ2) is 5.87. The maximum atomic E-state index is 12.0. The van der Waals surface area contributed by atoms with Crippen LogP contribution in [0.2, 0.25) is 0 Å². The van der Waals surface area contributed by atoms with E-state index in [-0.39, 0.29) is 12.6 Å².